The number of nitrogens with two attached hydrogens (primary N) is 2. The van der Waals surface area contributed by atoms with Crippen molar-refractivity contribution >= 4 is 23.6 Å². The molecule has 0 aliphatic rings. The highest BCUT2D eigenvalue weighted by atomic mass is 16.3. The number of nitrogens with zero attached hydrogens (tertiary/aromatic N) is 1. The van der Waals surface area contributed by atoms with Gasteiger partial charge in [-0.05, 0) is 43.7 Å². The van der Waals surface area contributed by atoms with E-state index in [4.69, 9.17) is 10.8 Å². The smallest absolute Gasteiger partial charge is 0.243 e. The summed E-state index contributed by atoms with van der Waals surface area (Å²) in [4.78, 5) is 51.6. The zero-order valence-electron chi connectivity index (χ0n) is 22.6. The van der Waals surface area contributed by atoms with E-state index in [9.17, 15) is 24.3 Å². The molecule has 39 heavy (non-hydrogen) atoms. The lowest BCUT2D eigenvalue weighted by atomic mass is 10.0. The van der Waals surface area contributed by atoms with Crippen molar-refractivity contribution in [1.29, 1.82) is 0 Å². The zero-order valence-corrected chi connectivity index (χ0v) is 22.6. The molecule has 0 aromatic heterocycles. The van der Waals surface area contributed by atoms with Gasteiger partial charge in [-0.1, -0.05) is 42.5 Å². The van der Waals surface area contributed by atoms with Crippen LogP contribution in [-0.4, -0.2) is 90.7 Å². The monoisotopic (exact) mass is 544 g/mol. The van der Waals surface area contributed by atoms with E-state index in [2.05, 4.69) is 21.7 Å². The fourth-order valence-electron chi connectivity index (χ4n) is 3.52. The Kier molecular flexibility index (Phi) is 14.8. The molecule has 0 fully saturated rings. The summed E-state index contributed by atoms with van der Waals surface area (Å²) in [6.45, 7) is 0.900. The molecule has 3 atom stereocenters. The largest absolute Gasteiger partial charge is 0.508 e. The maximum absolute atomic E-state index is 12.8. The van der Waals surface area contributed by atoms with Gasteiger partial charge in [0.05, 0.1) is 19.2 Å². The molecule has 214 valence electrons. The lowest BCUT2D eigenvalue weighted by Crippen LogP contribution is -2.54. The average Bonchev–Trinajstić information content (AvgIpc) is 2.95. The average molecular weight is 545 g/mol. The minimum Gasteiger partial charge on any atom is -0.508 e. The number of rotatable bonds is 13. The molecule has 0 aliphatic heterocycles. The van der Waals surface area contributed by atoms with Gasteiger partial charge in [0.25, 0.3) is 0 Å². The summed E-state index contributed by atoms with van der Waals surface area (Å²) in [5.74, 6) is -1.96. The molecule has 2 aromatic carbocycles. The third kappa shape index (κ3) is 11.5. The van der Waals surface area contributed by atoms with E-state index >= 15 is 0 Å². The molecule has 9 N–H and O–H groups in total. The molecule has 0 saturated carbocycles. The highest BCUT2D eigenvalue weighted by molar-refractivity contribution is 5.93. The Morgan fingerprint density at radius 1 is 0.872 bits per heavy atom. The Balaban J connectivity index is 0.00000371. The minimum absolute atomic E-state index is 0.0506. The van der Waals surface area contributed by atoms with Crippen molar-refractivity contribution in [3.05, 3.63) is 65.7 Å². The van der Waals surface area contributed by atoms with E-state index in [0.29, 0.717) is 0 Å². The van der Waals surface area contributed by atoms with Gasteiger partial charge in [0.1, 0.15) is 17.8 Å². The van der Waals surface area contributed by atoms with Crippen molar-refractivity contribution in [2.45, 2.75) is 37.9 Å². The highest BCUT2D eigenvalue weighted by Crippen LogP contribution is 2.11. The molecule has 2 aromatic rings. The molecule has 0 radical (unpaired) electrons. The fourth-order valence-corrected chi connectivity index (χ4v) is 3.52. The molecule has 0 bridgehead atoms. The zero-order chi connectivity index (χ0) is 29.4. The second kappa shape index (κ2) is 17.5. The van der Waals surface area contributed by atoms with Gasteiger partial charge in [-0.15, -0.1) is 0 Å². The number of phenolic OH excluding ortho intramolecular Hbond substituents is 1. The SMILES string of the molecule is CN.C[C@@H](NC(=O)[C@@H](N)Cc1ccc(O)cc1)C(=O)NCC(=O)N(C)[C@@H](Cc1ccccc1)C(=O)NCCO. The predicted molar refractivity (Wildman–Crippen MR) is 147 cm³/mol. The quantitative estimate of drug-likeness (QED) is 0.160. The standard InChI is InChI=1S/C26H35N5O6.CH5N/c1-17(30-25(36)21(27)14-19-8-10-20(33)11-9-19)24(35)29-16-23(34)31(2)22(26(37)28-12-13-32)15-18-6-4-3-5-7-18;1-2/h3-11,17,21-22,32-33H,12-16,27H2,1-2H3,(H,28,37)(H,29,35)(H,30,36);2H2,1H3/t17-,21+,22+;/m1./s1. The molecule has 0 spiro atoms. The van der Waals surface area contributed by atoms with Crippen molar-refractivity contribution in [2.24, 2.45) is 11.5 Å². The van der Waals surface area contributed by atoms with Crippen molar-refractivity contribution in [1.82, 2.24) is 20.9 Å². The number of carbonyl (C=O) groups excluding carboxylic acids is 4. The van der Waals surface area contributed by atoms with Gasteiger partial charge < -0.3 is 42.5 Å². The van der Waals surface area contributed by atoms with E-state index < -0.39 is 41.8 Å². The maximum atomic E-state index is 12.8. The summed E-state index contributed by atoms with van der Waals surface area (Å²) < 4.78 is 0. The summed E-state index contributed by atoms with van der Waals surface area (Å²) >= 11 is 0. The third-order valence-corrected chi connectivity index (χ3v) is 5.74. The van der Waals surface area contributed by atoms with Gasteiger partial charge in [-0.2, -0.15) is 0 Å². The van der Waals surface area contributed by atoms with Crippen molar-refractivity contribution in [3.63, 3.8) is 0 Å². The number of phenols is 1. The van der Waals surface area contributed by atoms with Gasteiger partial charge in [-0.3, -0.25) is 19.2 Å². The van der Waals surface area contributed by atoms with Crippen LogP contribution in [0.5, 0.6) is 5.75 Å². The molecule has 12 heteroatoms. The number of aliphatic hydroxyl groups is 1. The first-order chi connectivity index (χ1) is 18.6. The highest BCUT2D eigenvalue weighted by Gasteiger charge is 2.28. The second-order valence-electron chi connectivity index (χ2n) is 8.65. The molecular formula is C27H40N6O6. The van der Waals surface area contributed by atoms with Gasteiger partial charge >= 0.3 is 0 Å². The van der Waals surface area contributed by atoms with E-state index in [1.807, 2.05) is 30.3 Å². The fraction of sp³-hybridized carbons (Fsp3) is 0.407. The lowest BCUT2D eigenvalue weighted by Gasteiger charge is -2.28. The van der Waals surface area contributed by atoms with Crippen LogP contribution < -0.4 is 27.4 Å². The summed E-state index contributed by atoms with van der Waals surface area (Å²) in [5.41, 5.74) is 12.0. The van der Waals surface area contributed by atoms with Crippen LogP contribution in [-0.2, 0) is 32.0 Å². The number of benzene rings is 2. The topological polar surface area (TPSA) is 200 Å². The predicted octanol–water partition coefficient (Wildman–Crippen LogP) is -1.36. The van der Waals surface area contributed by atoms with Gasteiger partial charge in [0.15, 0.2) is 0 Å². The van der Waals surface area contributed by atoms with Gasteiger partial charge in [-0.25, -0.2) is 0 Å². The number of hydrogen-bond donors (Lipinski definition) is 7. The van der Waals surface area contributed by atoms with Gasteiger partial charge in [0.2, 0.25) is 23.6 Å². The first-order valence-corrected chi connectivity index (χ1v) is 12.5. The van der Waals surface area contributed by atoms with Crippen LogP contribution in [0.3, 0.4) is 0 Å². The number of aliphatic hydroxyl groups excluding tert-OH is 1. The van der Waals surface area contributed by atoms with E-state index in [-0.39, 0.29) is 38.3 Å². The van der Waals surface area contributed by atoms with Crippen LogP contribution in [0.4, 0.5) is 0 Å². The molecule has 2 rings (SSSR count). The third-order valence-electron chi connectivity index (χ3n) is 5.74. The Morgan fingerprint density at radius 3 is 2.05 bits per heavy atom. The van der Waals surface area contributed by atoms with Crippen molar-refractivity contribution in [2.75, 3.05) is 33.8 Å². The Morgan fingerprint density at radius 2 is 1.46 bits per heavy atom. The van der Waals surface area contributed by atoms with Crippen molar-refractivity contribution in [3.8, 4) is 5.75 Å². The van der Waals surface area contributed by atoms with E-state index in [1.54, 1.807) is 12.1 Å². The van der Waals surface area contributed by atoms with Crippen LogP contribution in [0, 0.1) is 0 Å². The van der Waals surface area contributed by atoms with Crippen LogP contribution >= 0.6 is 0 Å². The lowest BCUT2D eigenvalue weighted by molar-refractivity contribution is -0.139. The summed E-state index contributed by atoms with van der Waals surface area (Å²) in [7, 11) is 2.97. The second-order valence-corrected chi connectivity index (χ2v) is 8.65. The van der Waals surface area contributed by atoms with Gasteiger partial charge in [0, 0.05) is 20.0 Å². The molecule has 0 saturated heterocycles. The molecule has 0 heterocycles. The number of amides is 4. The first kappa shape index (κ1) is 33.0. The summed E-state index contributed by atoms with van der Waals surface area (Å²) in [6.07, 6.45) is 0.463. The summed E-state index contributed by atoms with van der Waals surface area (Å²) in [5, 5.41) is 26.0. The Hall–Kier alpha value is -4.00. The number of hydrogen-bond acceptors (Lipinski definition) is 8. The first-order valence-electron chi connectivity index (χ1n) is 12.5. The van der Waals surface area contributed by atoms with E-state index in [0.717, 1.165) is 11.1 Å². The normalized spacial score (nSPS) is 12.6. The van der Waals surface area contributed by atoms with Crippen LogP contribution in [0.15, 0.2) is 54.6 Å². The molecule has 0 aliphatic carbocycles. The number of nitrogens with one attached hydrogen (secondary N) is 3. The molecule has 12 nitrogen and oxygen atoms in total. The van der Waals surface area contributed by atoms with Crippen LogP contribution in [0.1, 0.15) is 18.1 Å². The molecular weight excluding hydrogens is 504 g/mol. The number of likely N-dealkylation sites (N-methyl/N-ethyl adjacent to an activating group) is 1. The van der Waals surface area contributed by atoms with Crippen LogP contribution in [0.2, 0.25) is 0 Å². The number of aromatic hydroxyl groups is 1. The Labute approximate surface area is 228 Å². The molecule has 4 amide bonds. The molecule has 0 unspecified atom stereocenters. The van der Waals surface area contributed by atoms with Crippen LogP contribution in [0.25, 0.3) is 0 Å². The Bertz CT molecular complexity index is 1050. The number of carbonyl (C=O) groups is 4. The maximum Gasteiger partial charge on any atom is 0.243 e. The summed E-state index contributed by atoms with van der Waals surface area (Å²) in [6, 6.07) is 12.7. The minimum atomic E-state index is -0.954. The van der Waals surface area contributed by atoms with E-state index in [1.165, 1.54) is 38.1 Å². The van der Waals surface area contributed by atoms with Crippen molar-refractivity contribution < 1.29 is 29.4 Å².